The van der Waals surface area contributed by atoms with E-state index in [0.717, 1.165) is 12.6 Å². The Morgan fingerprint density at radius 3 is 2.67 bits per heavy atom. The van der Waals surface area contributed by atoms with Gasteiger partial charge >= 0.3 is 0 Å². The highest BCUT2D eigenvalue weighted by Gasteiger charge is 2.27. The predicted molar refractivity (Wildman–Crippen MR) is 20.4 cm³/mol. The van der Waals surface area contributed by atoms with E-state index in [9.17, 15) is 0 Å². The molecular weight excluding hydrogens is 80.1 g/mol. The van der Waals surface area contributed by atoms with Crippen molar-refractivity contribution in [1.29, 1.82) is 0 Å². The number of nitrogens with one attached hydrogen (secondary N) is 2. The SMILES string of the molecule is C1NN1C1=NN1. The fraction of sp³-hybridized carbons (Fsp3) is 0.500. The Balaban J connectivity index is 2.07. The van der Waals surface area contributed by atoms with Crippen LogP contribution in [-0.2, 0) is 0 Å². The molecule has 2 heterocycles. The molecule has 1 saturated heterocycles. The molecule has 2 aliphatic heterocycles. The number of hydrazine groups is 1. The van der Waals surface area contributed by atoms with E-state index in [1.54, 1.807) is 0 Å². The van der Waals surface area contributed by atoms with Gasteiger partial charge in [0.25, 0.3) is 5.96 Å². The summed E-state index contributed by atoms with van der Waals surface area (Å²) < 4.78 is 0. The first-order chi connectivity index (χ1) is 2.97. The molecule has 2 aliphatic rings. The van der Waals surface area contributed by atoms with Crippen LogP contribution in [0, 0.1) is 0 Å². The molecule has 0 aliphatic carbocycles. The Bertz CT molecular complexity index is 102. The van der Waals surface area contributed by atoms with E-state index >= 15 is 0 Å². The van der Waals surface area contributed by atoms with Gasteiger partial charge < -0.3 is 0 Å². The van der Waals surface area contributed by atoms with Crippen molar-refractivity contribution in [1.82, 2.24) is 15.9 Å². The molecule has 6 heavy (non-hydrogen) atoms. The highest BCUT2D eigenvalue weighted by Crippen LogP contribution is 2.00. The third-order valence-electron chi connectivity index (χ3n) is 0.784. The lowest BCUT2D eigenvalue weighted by molar-refractivity contribution is 0.775. The van der Waals surface area contributed by atoms with Gasteiger partial charge in [-0.1, -0.05) is 0 Å². The minimum atomic E-state index is 0.950. The summed E-state index contributed by atoms with van der Waals surface area (Å²) >= 11 is 0. The maximum Gasteiger partial charge on any atom is 0.253 e. The molecule has 1 fully saturated rings. The first kappa shape index (κ1) is 2.41. The summed E-state index contributed by atoms with van der Waals surface area (Å²) in [6.45, 7) is 0.950. The van der Waals surface area contributed by atoms with Crippen molar-refractivity contribution in [2.24, 2.45) is 5.10 Å². The molecule has 0 aromatic rings. The van der Waals surface area contributed by atoms with Gasteiger partial charge in [0.15, 0.2) is 0 Å². The summed E-state index contributed by atoms with van der Waals surface area (Å²) in [6.07, 6.45) is 0. The van der Waals surface area contributed by atoms with Crippen molar-refractivity contribution in [3.8, 4) is 0 Å². The van der Waals surface area contributed by atoms with Gasteiger partial charge in [-0.05, 0) is 0 Å². The second-order valence-corrected chi connectivity index (χ2v) is 1.29. The maximum absolute atomic E-state index is 3.69. The van der Waals surface area contributed by atoms with E-state index in [0.29, 0.717) is 0 Å². The fourth-order valence-corrected chi connectivity index (χ4v) is 0.331. The average Bonchev–Trinajstić information content (AvgIpc) is 2.26. The molecule has 2 N–H and O–H groups in total. The second kappa shape index (κ2) is 0.518. The summed E-state index contributed by atoms with van der Waals surface area (Å²) in [5, 5.41) is 5.61. The Morgan fingerprint density at radius 1 is 1.83 bits per heavy atom. The van der Waals surface area contributed by atoms with Gasteiger partial charge in [-0.25, -0.2) is 10.9 Å². The topological polar surface area (TPSA) is 59.2 Å². The molecule has 4 heteroatoms. The number of hydrogen-bond donors (Lipinski definition) is 2. The first-order valence-corrected chi connectivity index (χ1v) is 1.81. The zero-order valence-corrected chi connectivity index (χ0v) is 3.10. The van der Waals surface area contributed by atoms with Crippen molar-refractivity contribution in [3.05, 3.63) is 0 Å². The highest BCUT2D eigenvalue weighted by atomic mass is 15.8. The number of guanidine groups is 1. The number of hydrazone groups is 1. The van der Waals surface area contributed by atoms with E-state index in [1.165, 1.54) is 0 Å². The summed E-state index contributed by atoms with van der Waals surface area (Å²) in [6, 6.07) is 0. The van der Waals surface area contributed by atoms with Crippen molar-refractivity contribution in [2.75, 3.05) is 6.67 Å². The van der Waals surface area contributed by atoms with Gasteiger partial charge in [0.05, 0.1) is 0 Å². The zero-order chi connectivity index (χ0) is 3.98. The molecular formula is C2H4N4. The summed E-state index contributed by atoms with van der Waals surface area (Å²) in [5.41, 5.74) is 5.64. The van der Waals surface area contributed by atoms with Gasteiger partial charge in [0.1, 0.15) is 6.67 Å². The van der Waals surface area contributed by atoms with Crippen molar-refractivity contribution >= 4 is 5.96 Å². The Hall–Kier alpha value is -0.770. The van der Waals surface area contributed by atoms with Gasteiger partial charge in [-0.15, -0.1) is 5.10 Å². The minimum Gasteiger partial charge on any atom is -0.258 e. The van der Waals surface area contributed by atoms with E-state index in [-0.39, 0.29) is 0 Å². The second-order valence-electron chi connectivity index (χ2n) is 1.29. The van der Waals surface area contributed by atoms with Gasteiger partial charge in [0.2, 0.25) is 0 Å². The monoisotopic (exact) mass is 84.0 g/mol. The van der Waals surface area contributed by atoms with Crippen molar-refractivity contribution in [3.63, 3.8) is 0 Å². The lowest BCUT2D eigenvalue weighted by atomic mass is 11.1. The molecule has 0 aromatic heterocycles. The lowest BCUT2D eigenvalue weighted by Gasteiger charge is -1.75. The molecule has 0 aromatic carbocycles. The molecule has 2 rings (SSSR count). The maximum atomic E-state index is 3.69. The number of nitrogens with zero attached hydrogens (tertiary/aromatic N) is 2. The van der Waals surface area contributed by atoms with Crippen LogP contribution >= 0.6 is 0 Å². The quantitative estimate of drug-likeness (QED) is 0.356. The molecule has 4 nitrogen and oxygen atoms in total. The van der Waals surface area contributed by atoms with Crippen LogP contribution in [0.4, 0.5) is 0 Å². The van der Waals surface area contributed by atoms with Gasteiger partial charge in [-0.2, -0.15) is 0 Å². The molecule has 32 valence electrons. The first-order valence-electron chi connectivity index (χ1n) is 1.81. The van der Waals surface area contributed by atoms with Crippen LogP contribution < -0.4 is 10.9 Å². The molecule has 0 radical (unpaired) electrons. The number of rotatable bonds is 0. The van der Waals surface area contributed by atoms with Crippen molar-refractivity contribution < 1.29 is 0 Å². The molecule has 0 unspecified atom stereocenters. The van der Waals surface area contributed by atoms with Crippen LogP contribution in [-0.4, -0.2) is 17.6 Å². The summed E-state index contributed by atoms with van der Waals surface area (Å²) in [4.78, 5) is 0. The van der Waals surface area contributed by atoms with Crippen LogP contribution in [0.25, 0.3) is 0 Å². The number of hydrogen-bond acceptors (Lipinski definition) is 4. The summed E-state index contributed by atoms with van der Waals surface area (Å²) in [7, 11) is 0. The van der Waals surface area contributed by atoms with Crippen LogP contribution in [0.15, 0.2) is 5.10 Å². The van der Waals surface area contributed by atoms with Crippen LogP contribution in [0.1, 0.15) is 0 Å². The average molecular weight is 84.1 g/mol. The summed E-state index contributed by atoms with van der Waals surface area (Å²) in [5.74, 6) is 0.968. The van der Waals surface area contributed by atoms with Gasteiger partial charge in [-0.3, -0.25) is 5.01 Å². The largest absolute Gasteiger partial charge is 0.258 e. The van der Waals surface area contributed by atoms with Crippen LogP contribution in [0.3, 0.4) is 0 Å². The minimum absolute atomic E-state index is 0.950. The molecule has 0 bridgehead atoms. The molecule has 0 amide bonds. The smallest absolute Gasteiger partial charge is 0.253 e. The molecule has 0 spiro atoms. The van der Waals surface area contributed by atoms with Crippen molar-refractivity contribution in [2.45, 2.75) is 0 Å². The standard InChI is InChI=1S/C2H4N4/c1-3-6(1)2-4-5-2/h3H,1H2,(H,4,5). The Morgan fingerprint density at radius 2 is 2.50 bits per heavy atom. The third kappa shape index (κ3) is 0.189. The highest BCUT2D eigenvalue weighted by molar-refractivity contribution is 5.89. The molecule has 0 saturated carbocycles. The van der Waals surface area contributed by atoms with E-state index in [1.807, 2.05) is 5.01 Å². The van der Waals surface area contributed by atoms with Crippen LogP contribution in [0.2, 0.25) is 0 Å². The van der Waals surface area contributed by atoms with E-state index in [4.69, 9.17) is 0 Å². The molecule has 0 atom stereocenters. The van der Waals surface area contributed by atoms with Gasteiger partial charge in [0, 0.05) is 0 Å². The Kier molecular flexibility index (Phi) is 0.208. The lowest BCUT2D eigenvalue weighted by Crippen LogP contribution is -2.07. The predicted octanol–water partition coefficient (Wildman–Crippen LogP) is -1.36. The van der Waals surface area contributed by atoms with E-state index in [2.05, 4.69) is 16.0 Å². The normalized spacial score (nSPS) is 25.3. The Labute approximate surface area is 34.8 Å². The zero-order valence-electron chi connectivity index (χ0n) is 3.10. The third-order valence-corrected chi connectivity index (χ3v) is 0.784. The van der Waals surface area contributed by atoms with E-state index < -0.39 is 0 Å². The van der Waals surface area contributed by atoms with Crippen LogP contribution in [0.5, 0.6) is 0 Å². The fourth-order valence-electron chi connectivity index (χ4n) is 0.331.